The fraction of sp³-hybridized carbons (Fsp3) is 0.375. The molecule has 0 saturated carbocycles. The van der Waals surface area contributed by atoms with Crippen molar-refractivity contribution in [3.05, 3.63) is 59.3 Å². The number of ether oxygens (including phenoxy) is 1. The van der Waals surface area contributed by atoms with E-state index in [0.29, 0.717) is 0 Å². The number of benzene rings is 2. The van der Waals surface area contributed by atoms with Crippen LogP contribution in [0.5, 0.6) is 5.75 Å². The number of rotatable bonds is 9. The van der Waals surface area contributed by atoms with E-state index >= 15 is 0 Å². The van der Waals surface area contributed by atoms with Crippen LogP contribution in [-0.4, -0.2) is 17.8 Å². The van der Waals surface area contributed by atoms with Gasteiger partial charge in [0.25, 0.3) is 0 Å². The smallest absolute Gasteiger partial charge is 0.119 e. The molecule has 3 aromatic rings. The standard InChI is InChI=1S/C24H30N2O/c1-4-5-6-7-8-13-27-22-14-18(2)23(19(3)15-22)17-26-21-10-9-20-11-12-25-24(20)16-21/h9-12,14-17,25H,4-8,13H2,1-3H3. The predicted octanol–water partition coefficient (Wildman–Crippen LogP) is 6.88. The number of H-pyrrole nitrogens is 1. The fourth-order valence-electron chi connectivity index (χ4n) is 3.37. The number of aryl methyl sites for hydroxylation is 2. The number of nitrogens with zero attached hydrogens (tertiary/aromatic N) is 1. The molecule has 1 aromatic heterocycles. The monoisotopic (exact) mass is 362 g/mol. The van der Waals surface area contributed by atoms with Crippen LogP contribution in [0.1, 0.15) is 55.7 Å². The largest absolute Gasteiger partial charge is 0.494 e. The molecule has 0 aliphatic heterocycles. The first-order valence-corrected chi connectivity index (χ1v) is 10.0. The molecule has 27 heavy (non-hydrogen) atoms. The second-order valence-electron chi connectivity index (χ2n) is 7.24. The number of unbranched alkanes of at least 4 members (excludes halogenated alkanes) is 4. The molecule has 3 heteroatoms. The van der Waals surface area contributed by atoms with E-state index in [0.717, 1.165) is 35.5 Å². The van der Waals surface area contributed by atoms with Gasteiger partial charge < -0.3 is 9.72 Å². The molecule has 0 aliphatic carbocycles. The first-order chi connectivity index (χ1) is 13.2. The average Bonchev–Trinajstić information content (AvgIpc) is 3.11. The third-order valence-electron chi connectivity index (χ3n) is 4.97. The van der Waals surface area contributed by atoms with E-state index in [4.69, 9.17) is 4.74 Å². The summed E-state index contributed by atoms with van der Waals surface area (Å²) < 4.78 is 5.96. The Balaban J connectivity index is 1.63. The third kappa shape index (κ3) is 5.22. The minimum atomic E-state index is 0.798. The van der Waals surface area contributed by atoms with Crippen molar-refractivity contribution in [3.8, 4) is 5.75 Å². The van der Waals surface area contributed by atoms with Gasteiger partial charge in [0.05, 0.1) is 12.3 Å². The second kappa shape index (κ2) is 9.40. The molecule has 1 N–H and O–H groups in total. The Hall–Kier alpha value is -2.55. The summed E-state index contributed by atoms with van der Waals surface area (Å²) in [6.45, 7) is 7.28. The molecule has 0 unspecified atom stereocenters. The number of aromatic amines is 1. The molecule has 0 radical (unpaired) electrons. The molecule has 0 aliphatic rings. The molecular weight excluding hydrogens is 332 g/mol. The maximum atomic E-state index is 5.96. The molecule has 3 nitrogen and oxygen atoms in total. The maximum absolute atomic E-state index is 5.96. The zero-order valence-corrected chi connectivity index (χ0v) is 16.7. The number of hydrogen-bond acceptors (Lipinski definition) is 2. The van der Waals surface area contributed by atoms with Gasteiger partial charge in [0, 0.05) is 17.9 Å². The van der Waals surface area contributed by atoms with Crippen LogP contribution in [0.25, 0.3) is 10.9 Å². The normalized spacial score (nSPS) is 11.5. The highest BCUT2D eigenvalue weighted by Gasteiger charge is 2.05. The SMILES string of the molecule is CCCCCCCOc1cc(C)c(C=Nc2ccc3cc[nH]c3c2)c(C)c1. The summed E-state index contributed by atoms with van der Waals surface area (Å²) in [5.74, 6) is 0.963. The molecule has 0 atom stereocenters. The van der Waals surface area contributed by atoms with Crippen molar-refractivity contribution in [2.45, 2.75) is 52.9 Å². The van der Waals surface area contributed by atoms with Gasteiger partial charge in [0.15, 0.2) is 0 Å². The number of aromatic nitrogens is 1. The Bertz CT molecular complexity index is 885. The van der Waals surface area contributed by atoms with E-state index in [2.05, 4.69) is 61.1 Å². The summed E-state index contributed by atoms with van der Waals surface area (Å²) in [4.78, 5) is 7.91. The van der Waals surface area contributed by atoms with Crippen LogP contribution in [0.15, 0.2) is 47.6 Å². The molecule has 1 heterocycles. The second-order valence-corrected chi connectivity index (χ2v) is 7.24. The van der Waals surface area contributed by atoms with E-state index in [-0.39, 0.29) is 0 Å². The van der Waals surface area contributed by atoms with E-state index in [1.165, 1.54) is 42.2 Å². The lowest BCUT2D eigenvalue weighted by Gasteiger charge is -2.11. The molecule has 2 aromatic carbocycles. The van der Waals surface area contributed by atoms with Crippen molar-refractivity contribution in [1.82, 2.24) is 4.98 Å². The molecule has 0 bridgehead atoms. The van der Waals surface area contributed by atoms with Gasteiger partial charge in [-0.3, -0.25) is 4.99 Å². The summed E-state index contributed by atoms with van der Waals surface area (Å²) in [7, 11) is 0. The summed E-state index contributed by atoms with van der Waals surface area (Å²) in [5.41, 5.74) is 5.62. The average molecular weight is 363 g/mol. The Morgan fingerprint density at radius 1 is 0.963 bits per heavy atom. The lowest BCUT2D eigenvalue weighted by molar-refractivity contribution is 0.304. The van der Waals surface area contributed by atoms with Crippen LogP contribution in [0.3, 0.4) is 0 Å². The van der Waals surface area contributed by atoms with Gasteiger partial charge in [0.1, 0.15) is 5.75 Å². The molecule has 142 valence electrons. The molecule has 0 spiro atoms. The Morgan fingerprint density at radius 3 is 2.52 bits per heavy atom. The van der Waals surface area contributed by atoms with Gasteiger partial charge in [-0.25, -0.2) is 0 Å². The third-order valence-corrected chi connectivity index (χ3v) is 4.97. The van der Waals surface area contributed by atoms with Crippen LogP contribution in [0.4, 0.5) is 5.69 Å². The molecule has 0 amide bonds. The van der Waals surface area contributed by atoms with Crippen LogP contribution in [-0.2, 0) is 0 Å². The van der Waals surface area contributed by atoms with Gasteiger partial charge in [-0.1, -0.05) is 38.7 Å². The predicted molar refractivity (Wildman–Crippen MR) is 116 cm³/mol. The van der Waals surface area contributed by atoms with Gasteiger partial charge in [-0.05, 0) is 72.7 Å². The fourth-order valence-corrected chi connectivity index (χ4v) is 3.37. The van der Waals surface area contributed by atoms with E-state index in [1.54, 1.807) is 0 Å². The van der Waals surface area contributed by atoms with Crippen LogP contribution < -0.4 is 4.74 Å². The first kappa shape index (κ1) is 19.2. The maximum Gasteiger partial charge on any atom is 0.119 e. The molecule has 0 saturated heterocycles. The van der Waals surface area contributed by atoms with Crippen LogP contribution in [0, 0.1) is 13.8 Å². The van der Waals surface area contributed by atoms with Crippen molar-refractivity contribution < 1.29 is 4.74 Å². The summed E-state index contributed by atoms with van der Waals surface area (Å²) >= 11 is 0. The lowest BCUT2D eigenvalue weighted by atomic mass is 10.0. The van der Waals surface area contributed by atoms with Gasteiger partial charge in [-0.15, -0.1) is 0 Å². The van der Waals surface area contributed by atoms with Gasteiger partial charge in [-0.2, -0.15) is 0 Å². The molecule has 3 rings (SSSR count). The van der Waals surface area contributed by atoms with Crippen molar-refractivity contribution in [1.29, 1.82) is 0 Å². The highest BCUT2D eigenvalue weighted by atomic mass is 16.5. The number of hydrogen-bond donors (Lipinski definition) is 1. The Kier molecular flexibility index (Phi) is 6.69. The minimum absolute atomic E-state index is 0.798. The highest BCUT2D eigenvalue weighted by molar-refractivity contribution is 5.88. The quantitative estimate of drug-likeness (QED) is 0.327. The zero-order valence-electron chi connectivity index (χ0n) is 16.7. The highest BCUT2D eigenvalue weighted by Crippen LogP contribution is 2.23. The van der Waals surface area contributed by atoms with Crippen molar-refractivity contribution in [2.75, 3.05) is 6.61 Å². The van der Waals surface area contributed by atoms with Crippen molar-refractivity contribution in [3.63, 3.8) is 0 Å². The van der Waals surface area contributed by atoms with E-state index in [9.17, 15) is 0 Å². The number of fused-ring (bicyclic) bond motifs is 1. The van der Waals surface area contributed by atoms with Crippen molar-refractivity contribution >= 4 is 22.8 Å². The summed E-state index contributed by atoms with van der Waals surface area (Å²) in [5, 5.41) is 1.21. The topological polar surface area (TPSA) is 37.4 Å². The molecular formula is C24H30N2O. The van der Waals surface area contributed by atoms with E-state index in [1.807, 2.05) is 18.5 Å². The van der Waals surface area contributed by atoms with Crippen LogP contribution in [0.2, 0.25) is 0 Å². The van der Waals surface area contributed by atoms with Crippen molar-refractivity contribution in [2.24, 2.45) is 4.99 Å². The van der Waals surface area contributed by atoms with Gasteiger partial charge >= 0.3 is 0 Å². The number of nitrogens with one attached hydrogen (secondary N) is 1. The summed E-state index contributed by atoms with van der Waals surface area (Å²) in [6, 6.07) is 12.5. The molecule has 0 fully saturated rings. The first-order valence-electron chi connectivity index (χ1n) is 10.0. The Morgan fingerprint density at radius 2 is 1.74 bits per heavy atom. The summed E-state index contributed by atoms with van der Waals surface area (Å²) in [6.07, 6.45) is 10.2. The van der Waals surface area contributed by atoms with Crippen LogP contribution >= 0.6 is 0 Å². The number of aliphatic imine (C=N–C) groups is 1. The van der Waals surface area contributed by atoms with E-state index < -0.39 is 0 Å². The Labute approximate surface area is 162 Å². The minimum Gasteiger partial charge on any atom is -0.494 e. The van der Waals surface area contributed by atoms with Gasteiger partial charge in [0.2, 0.25) is 0 Å². The zero-order chi connectivity index (χ0) is 19.1. The lowest BCUT2D eigenvalue weighted by Crippen LogP contribution is -2.00.